The predicted octanol–water partition coefficient (Wildman–Crippen LogP) is 3.20. The Kier molecular flexibility index (Phi) is 5.25. The molecule has 3 rings (SSSR count). The molecular weight excluding hydrogens is 364 g/mol. The molecule has 1 heterocycles. The zero-order valence-corrected chi connectivity index (χ0v) is 15.5. The van der Waals surface area contributed by atoms with Crippen LogP contribution in [0, 0.1) is 20.2 Å². The van der Waals surface area contributed by atoms with Crippen LogP contribution >= 0.6 is 0 Å². The first-order chi connectivity index (χ1) is 13.3. The van der Waals surface area contributed by atoms with Gasteiger partial charge in [0.1, 0.15) is 5.69 Å². The van der Waals surface area contributed by atoms with Gasteiger partial charge in [0.25, 0.3) is 17.3 Å². The second-order valence-corrected chi connectivity index (χ2v) is 6.97. The Balaban J connectivity index is 1.93. The molecule has 0 radical (unpaired) electrons. The van der Waals surface area contributed by atoms with E-state index < -0.39 is 9.85 Å². The number of nitro groups is 2. The summed E-state index contributed by atoms with van der Waals surface area (Å²) in [5.74, 6) is -0.371. The lowest BCUT2D eigenvalue weighted by atomic mass is 9.98. The highest BCUT2D eigenvalue weighted by molar-refractivity contribution is 5.96. The van der Waals surface area contributed by atoms with Crippen LogP contribution in [0.15, 0.2) is 36.4 Å². The molecule has 1 aliphatic heterocycles. The van der Waals surface area contributed by atoms with Crippen molar-refractivity contribution in [3.05, 3.63) is 73.3 Å². The second kappa shape index (κ2) is 7.63. The molecule has 1 aliphatic rings. The van der Waals surface area contributed by atoms with E-state index in [0.717, 1.165) is 11.1 Å². The fraction of sp³-hybridized carbons (Fsp3) is 0.316. The minimum absolute atomic E-state index is 0.00389. The van der Waals surface area contributed by atoms with Gasteiger partial charge in [0.05, 0.1) is 9.85 Å². The van der Waals surface area contributed by atoms with Gasteiger partial charge in [-0.2, -0.15) is 0 Å². The molecule has 28 heavy (non-hydrogen) atoms. The van der Waals surface area contributed by atoms with Crippen LogP contribution in [0.1, 0.15) is 35.3 Å². The second-order valence-electron chi connectivity index (χ2n) is 6.97. The number of nitrogens with zero attached hydrogens (tertiary/aromatic N) is 3. The summed E-state index contributed by atoms with van der Waals surface area (Å²) in [6.45, 7) is 4.49. The third-order valence-corrected chi connectivity index (χ3v) is 4.61. The molecule has 2 aromatic rings. The van der Waals surface area contributed by atoms with E-state index in [1.54, 1.807) is 18.2 Å². The average molecular weight is 384 g/mol. The number of anilines is 1. The van der Waals surface area contributed by atoms with Gasteiger partial charge in [-0.05, 0) is 43.5 Å². The van der Waals surface area contributed by atoms with Crippen LogP contribution < -0.4 is 10.2 Å². The molecule has 0 unspecified atom stereocenters. The maximum atomic E-state index is 12.2. The molecule has 9 heteroatoms. The summed E-state index contributed by atoms with van der Waals surface area (Å²) in [5, 5.41) is 25.3. The van der Waals surface area contributed by atoms with Gasteiger partial charge in [0.2, 0.25) is 0 Å². The van der Waals surface area contributed by atoms with E-state index in [-0.39, 0.29) is 28.9 Å². The first-order valence-electron chi connectivity index (χ1n) is 8.86. The van der Waals surface area contributed by atoms with E-state index in [0.29, 0.717) is 25.2 Å². The molecule has 0 atom stereocenters. The smallest absolute Gasteiger partial charge is 0.293 e. The van der Waals surface area contributed by atoms with Crippen molar-refractivity contribution in [1.29, 1.82) is 0 Å². The van der Waals surface area contributed by atoms with Crippen LogP contribution in [0.25, 0.3) is 0 Å². The number of non-ortho nitro benzene ring substituents is 1. The first-order valence-corrected chi connectivity index (χ1v) is 8.86. The molecule has 9 nitrogen and oxygen atoms in total. The molecule has 1 N–H and O–H groups in total. The topological polar surface area (TPSA) is 119 Å². The normalized spacial score (nSPS) is 13.2. The van der Waals surface area contributed by atoms with Crippen molar-refractivity contribution in [2.24, 2.45) is 0 Å². The number of rotatable bonds is 5. The monoisotopic (exact) mass is 384 g/mol. The minimum atomic E-state index is -0.509. The number of nitro benzene ring substituents is 2. The largest absolute Gasteiger partial charge is 0.361 e. The van der Waals surface area contributed by atoms with Gasteiger partial charge in [-0.15, -0.1) is 0 Å². The Morgan fingerprint density at radius 2 is 1.82 bits per heavy atom. The van der Waals surface area contributed by atoms with E-state index >= 15 is 0 Å². The van der Waals surface area contributed by atoms with Crippen LogP contribution in [-0.4, -0.2) is 28.3 Å². The number of carbonyl (C=O) groups excluding carboxylic acids is 1. The summed E-state index contributed by atoms with van der Waals surface area (Å²) in [4.78, 5) is 35.7. The lowest BCUT2D eigenvalue weighted by Gasteiger charge is -2.30. The van der Waals surface area contributed by atoms with Crippen molar-refractivity contribution in [3.8, 4) is 0 Å². The summed E-state index contributed by atoms with van der Waals surface area (Å²) in [5.41, 5.74) is 2.22. The van der Waals surface area contributed by atoms with E-state index in [9.17, 15) is 25.0 Å². The van der Waals surface area contributed by atoms with Crippen LogP contribution in [0.3, 0.4) is 0 Å². The number of amides is 1. The first kappa shape index (κ1) is 19.3. The average Bonchev–Trinajstić information content (AvgIpc) is 2.66. The molecule has 0 saturated heterocycles. The molecule has 0 aromatic heterocycles. The van der Waals surface area contributed by atoms with Gasteiger partial charge in [-0.1, -0.05) is 6.07 Å². The lowest BCUT2D eigenvalue weighted by molar-refractivity contribution is -0.384. The van der Waals surface area contributed by atoms with Crippen LogP contribution in [0.5, 0.6) is 0 Å². The third-order valence-electron chi connectivity index (χ3n) is 4.61. The van der Waals surface area contributed by atoms with Crippen LogP contribution in [-0.2, 0) is 13.0 Å². The zero-order chi connectivity index (χ0) is 20.4. The summed E-state index contributed by atoms with van der Waals surface area (Å²) >= 11 is 0. The molecule has 1 amide bonds. The van der Waals surface area contributed by atoms with Gasteiger partial charge in [0.15, 0.2) is 0 Å². The van der Waals surface area contributed by atoms with Gasteiger partial charge in [-0.25, -0.2) is 0 Å². The summed E-state index contributed by atoms with van der Waals surface area (Å²) < 4.78 is 0. The number of hydrogen-bond acceptors (Lipinski definition) is 6. The number of nitrogens with one attached hydrogen (secondary N) is 1. The lowest BCUT2D eigenvalue weighted by Crippen LogP contribution is -2.32. The fourth-order valence-corrected chi connectivity index (χ4v) is 3.29. The third kappa shape index (κ3) is 3.93. The number of carbonyl (C=O) groups is 1. The van der Waals surface area contributed by atoms with Crippen molar-refractivity contribution in [2.75, 3.05) is 11.4 Å². The van der Waals surface area contributed by atoms with Crippen molar-refractivity contribution < 1.29 is 14.6 Å². The molecule has 146 valence electrons. The molecule has 0 bridgehead atoms. The summed E-state index contributed by atoms with van der Waals surface area (Å²) in [7, 11) is 0. The van der Waals surface area contributed by atoms with Crippen molar-refractivity contribution >= 4 is 23.0 Å². The van der Waals surface area contributed by atoms with Gasteiger partial charge in [-0.3, -0.25) is 25.0 Å². The molecule has 0 aliphatic carbocycles. The number of hydrogen-bond donors (Lipinski definition) is 1. The van der Waals surface area contributed by atoms with E-state index in [1.807, 2.05) is 18.7 Å². The highest BCUT2D eigenvalue weighted by Gasteiger charge is 2.26. The van der Waals surface area contributed by atoms with Crippen LogP contribution in [0.4, 0.5) is 17.1 Å². The molecule has 0 fully saturated rings. The highest BCUT2D eigenvalue weighted by Crippen LogP contribution is 2.34. The van der Waals surface area contributed by atoms with Crippen molar-refractivity contribution in [1.82, 2.24) is 5.32 Å². The highest BCUT2D eigenvalue weighted by atomic mass is 16.6. The Morgan fingerprint density at radius 1 is 1.07 bits per heavy atom. The predicted molar refractivity (Wildman–Crippen MR) is 104 cm³/mol. The maximum Gasteiger partial charge on any atom is 0.293 e. The molecule has 0 spiro atoms. The maximum absolute atomic E-state index is 12.2. The van der Waals surface area contributed by atoms with E-state index in [2.05, 4.69) is 5.32 Å². The Morgan fingerprint density at radius 3 is 2.46 bits per heavy atom. The minimum Gasteiger partial charge on any atom is -0.361 e. The van der Waals surface area contributed by atoms with E-state index in [4.69, 9.17) is 0 Å². The molecule has 2 aromatic carbocycles. The van der Waals surface area contributed by atoms with Crippen molar-refractivity contribution in [2.45, 2.75) is 32.9 Å². The van der Waals surface area contributed by atoms with Gasteiger partial charge < -0.3 is 10.2 Å². The number of benzene rings is 2. The fourth-order valence-electron chi connectivity index (χ4n) is 3.29. The Hall–Kier alpha value is -3.49. The van der Waals surface area contributed by atoms with Gasteiger partial charge >= 0.3 is 0 Å². The zero-order valence-electron chi connectivity index (χ0n) is 15.5. The Labute approximate surface area is 161 Å². The van der Waals surface area contributed by atoms with Crippen molar-refractivity contribution in [3.63, 3.8) is 0 Å². The van der Waals surface area contributed by atoms with E-state index in [1.165, 1.54) is 18.2 Å². The van der Waals surface area contributed by atoms with Crippen LogP contribution in [0.2, 0.25) is 0 Å². The quantitative estimate of drug-likeness (QED) is 0.624. The SMILES string of the molecule is CC(C)NC(=O)c1ccc(N2CCc3ccc([N+](=O)[O-])cc3C2)c([N+](=O)[O-])c1. The molecular formula is C19H20N4O5. The number of fused-ring (bicyclic) bond motifs is 1. The van der Waals surface area contributed by atoms with Gasteiger partial charge in [0, 0.05) is 42.9 Å². The standard InChI is InChI=1S/C19H20N4O5/c1-12(2)20-19(24)14-4-6-17(18(10-14)23(27)28)21-8-7-13-3-5-16(22(25)26)9-15(13)11-21/h3-6,9-10,12H,7-8,11H2,1-2H3,(H,20,24). The summed E-state index contributed by atoms with van der Waals surface area (Å²) in [6, 6.07) is 9.03. The Bertz CT molecular complexity index is 957. The molecule has 0 saturated carbocycles. The summed E-state index contributed by atoms with van der Waals surface area (Å²) in [6.07, 6.45) is 0.625.